The summed E-state index contributed by atoms with van der Waals surface area (Å²) in [6, 6.07) is 10.2. The molecular weight excluding hydrogens is 314 g/mol. The molecule has 1 amide bonds. The third-order valence-electron chi connectivity index (χ3n) is 5.33. The number of carbonyl (C=O) groups is 1. The Hall–Kier alpha value is -2.14. The second kappa shape index (κ2) is 7.40. The van der Waals surface area contributed by atoms with Crippen LogP contribution in [0.2, 0.25) is 0 Å². The number of benzene rings is 1. The molecule has 1 aliphatic heterocycles. The summed E-state index contributed by atoms with van der Waals surface area (Å²) in [5.41, 5.74) is 3.93. The van der Waals surface area contributed by atoms with Crippen molar-refractivity contribution in [2.45, 2.75) is 46.1 Å². The van der Waals surface area contributed by atoms with Gasteiger partial charge in [0.15, 0.2) is 0 Å². The summed E-state index contributed by atoms with van der Waals surface area (Å²) >= 11 is 0. The predicted octanol–water partition coefficient (Wildman–Crippen LogP) is 2.65. The molecule has 1 aliphatic rings. The number of aromatic nitrogens is 2. The fourth-order valence-electron chi connectivity index (χ4n) is 3.68. The summed E-state index contributed by atoms with van der Waals surface area (Å²) in [5, 5.41) is 14.1. The molecule has 1 fully saturated rings. The highest BCUT2D eigenvalue weighted by Gasteiger charge is 2.29. The van der Waals surface area contributed by atoms with Gasteiger partial charge < -0.3 is 10.0 Å². The van der Waals surface area contributed by atoms with Crippen LogP contribution in [0.25, 0.3) is 5.69 Å². The van der Waals surface area contributed by atoms with E-state index in [9.17, 15) is 9.90 Å². The van der Waals surface area contributed by atoms with Crippen molar-refractivity contribution in [1.82, 2.24) is 14.7 Å². The summed E-state index contributed by atoms with van der Waals surface area (Å²) < 4.78 is 1.91. The molecule has 2 unspecified atom stereocenters. The van der Waals surface area contributed by atoms with Crippen LogP contribution in [0.15, 0.2) is 30.3 Å². The first kappa shape index (κ1) is 17.7. The SMILES string of the molecule is Cc1nn(-c2ccccc2)c(C)c1CC(=O)N1CC(CO)CCC1C. The van der Waals surface area contributed by atoms with E-state index >= 15 is 0 Å². The third kappa shape index (κ3) is 3.61. The number of para-hydroxylation sites is 1. The highest BCUT2D eigenvalue weighted by atomic mass is 16.3. The number of amides is 1. The number of nitrogens with zero attached hydrogens (tertiary/aromatic N) is 3. The van der Waals surface area contributed by atoms with Gasteiger partial charge in [0.2, 0.25) is 5.91 Å². The lowest BCUT2D eigenvalue weighted by Gasteiger charge is -2.37. The van der Waals surface area contributed by atoms with E-state index in [-0.39, 0.29) is 24.5 Å². The number of rotatable bonds is 4. The maximum Gasteiger partial charge on any atom is 0.227 e. The van der Waals surface area contributed by atoms with Crippen molar-refractivity contribution < 1.29 is 9.90 Å². The Morgan fingerprint density at radius 1 is 1.24 bits per heavy atom. The Bertz CT molecular complexity index is 739. The van der Waals surface area contributed by atoms with Gasteiger partial charge >= 0.3 is 0 Å². The van der Waals surface area contributed by atoms with Gasteiger partial charge in [-0.3, -0.25) is 4.79 Å². The molecule has 0 aliphatic carbocycles. The number of aryl methyl sites for hydroxylation is 1. The van der Waals surface area contributed by atoms with Crippen LogP contribution in [0.3, 0.4) is 0 Å². The molecule has 2 aromatic rings. The highest BCUT2D eigenvalue weighted by molar-refractivity contribution is 5.79. The number of aliphatic hydroxyl groups excluding tert-OH is 1. The summed E-state index contributed by atoms with van der Waals surface area (Å²) in [4.78, 5) is 14.8. The first-order valence-electron chi connectivity index (χ1n) is 9.02. The molecule has 1 aromatic carbocycles. The molecule has 2 heterocycles. The summed E-state index contributed by atoms with van der Waals surface area (Å²) in [6.45, 7) is 6.89. The number of hydrogen-bond donors (Lipinski definition) is 1. The van der Waals surface area contributed by atoms with Gasteiger partial charge in [0.05, 0.1) is 17.8 Å². The fraction of sp³-hybridized carbons (Fsp3) is 0.500. The first-order chi connectivity index (χ1) is 12.0. The lowest BCUT2D eigenvalue weighted by Crippen LogP contribution is -2.47. The van der Waals surface area contributed by atoms with E-state index in [4.69, 9.17) is 0 Å². The van der Waals surface area contributed by atoms with Gasteiger partial charge in [0.25, 0.3) is 0 Å². The van der Waals surface area contributed by atoms with Crippen LogP contribution in [0.5, 0.6) is 0 Å². The topological polar surface area (TPSA) is 58.4 Å². The zero-order chi connectivity index (χ0) is 18.0. The van der Waals surface area contributed by atoms with Crippen molar-refractivity contribution in [2.75, 3.05) is 13.2 Å². The molecule has 1 N–H and O–H groups in total. The molecule has 5 nitrogen and oxygen atoms in total. The van der Waals surface area contributed by atoms with Crippen molar-refractivity contribution in [3.8, 4) is 5.69 Å². The normalized spacial score (nSPS) is 20.7. The molecule has 1 saturated heterocycles. The van der Waals surface area contributed by atoms with Crippen LogP contribution in [0, 0.1) is 19.8 Å². The van der Waals surface area contributed by atoms with Crippen LogP contribution in [0.1, 0.15) is 36.7 Å². The fourth-order valence-corrected chi connectivity index (χ4v) is 3.68. The Labute approximate surface area is 149 Å². The van der Waals surface area contributed by atoms with E-state index in [1.54, 1.807) is 0 Å². The van der Waals surface area contributed by atoms with Crippen LogP contribution < -0.4 is 0 Å². The first-order valence-corrected chi connectivity index (χ1v) is 9.02. The molecule has 3 rings (SSSR count). The minimum atomic E-state index is 0.129. The number of hydrogen-bond acceptors (Lipinski definition) is 3. The molecule has 0 saturated carbocycles. The molecule has 1 aromatic heterocycles. The van der Waals surface area contributed by atoms with E-state index in [0.29, 0.717) is 13.0 Å². The van der Waals surface area contributed by atoms with E-state index in [0.717, 1.165) is 35.5 Å². The van der Waals surface area contributed by atoms with Crippen LogP contribution in [-0.2, 0) is 11.2 Å². The standard InChI is InChI=1S/C20H27N3O2/c1-14-9-10-17(13-24)12-22(14)20(25)11-19-15(2)21-23(16(19)3)18-7-5-4-6-8-18/h4-8,14,17,24H,9-13H2,1-3H3. The second-order valence-corrected chi connectivity index (χ2v) is 7.09. The van der Waals surface area contributed by atoms with Gasteiger partial charge in [0, 0.05) is 30.5 Å². The quantitative estimate of drug-likeness (QED) is 0.930. The average molecular weight is 341 g/mol. The minimum Gasteiger partial charge on any atom is -0.396 e. The molecule has 5 heteroatoms. The van der Waals surface area contributed by atoms with Crippen molar-refractivity contribution in [3.05, 3.63) is 47.3 Å². The summed E-state index contributed by atoms with van der Waals surface area (Å²) in [6.07, 6.45) is 2.32. The Morgan fingerprint density at radius 3 is 2.64 bits per heavy atom. The smallest absolute Gasteiger partial charge is 0.227 e. The Morgan fingerprint density at radius 2 is 1.96 bits per heavy atom. The summed E-state index contributed by atoms with van der Waals surface area (Å²) in [7, 11) is 0. The van der Waals surface area contributed by atoms with Gasteiger partial charge in [0.1, 0.15) is 0 Å². The molecule has 134 valence electrons. The molecule has 0 radical (unpaired) electrons. The van der Waals surface area contributed by atoms with Crippen LogP contribution in [0.4, 0.5) is 0 Å². The van der Waals surface area contributed by atoms with Crippen molar-refractivity contribution in [1.29, 1.82) is 0 Å². The third-order valence-corrected chi connectivity index (χ3v) is 5.33. The lowest BCUT2D eigenvalue weighted by molar-refractivity contribution is -0.135. The molecular formula is C20H27N3O2. The van der Waals surface area contributed by atoms with E-state index < -0.39 is 0 Å². The minimum absolute atomic E-state index is 0.129. The monoisotopic (exact) mass is 341 g/mol. The van der Waals surface area contributed by atoms with Gasteiger partial charge in [-0.05, 0) is 51.7 Å². The molecule has 0 spiro atoms. The lowest BCUT2D eigenvalue weighted by atomic mass is 9.93. The van der Waals surface area contributed by atoms with E-state index in [1.807, 2.05) is 53.8 Å². The maximum absolute atomic E-state index is 12.9. The van der Waals surface area contributed by atoms with Gasteiger partial charge in [-0.2, -0.15) is 5.10 Å². The average Bonchev–Trinajstić information content (AvgIpc) is 2.91. The highest BCUT2D eigenvalue weighted by Crippen LogP contribution is 2.24. The Kier molecular flexibility index (Phi) is 5.23. The number of aliphatic hydroxyl groups is 1. The zero-order valence-electron chi connectivity index (χ0n) is 15.3. The summed E-state index contributed by atoms with van der Waals surface area (Å²) in [5.74, 6) is 0.332. The Balaban J connectivity index is 1.81. The number of carbonyl (C=O) groups excluding carboxylic acids is 1. The van der Waals surface area contributed by atoms with Crippen molar-refractivity contribution >= 4 is 5.91 Å². The predicted molar refractivity (Wildman–Crippen MR) is 97.7 cm³/mol. The van der Waals surface area contributed by atoms with Gasteiger partial charge in [-0.1, -0.05) is 18.2 Å². The van der Waals surface area contributed by atoms with E-state index in [1.165, 1.54) is 0 Å². The largest absolute Gasteiger partial charge is 0.396 e. The maximum atomic E-state index is 12.9. The second-order valence-electron chi connectivity index (χ2n) is 7.09. The molecule has 0 bridgehead atoms. The van der Waals surface area contributed by atoms with Crippen LogP contribution in [-0.4, -0.2) is 44.9 Å². The molecule has 25 heavy (non-hydrogen) atoms. The van der Waals surface area contributed by atoms with E-state index in [2.05, 4.69) is 12.0 Å². The van der Waals surface area contributed by atoms with Crippen molar-refractivity contribution in [2.24, 2.45) is 5.92 Å². The zero-order valence-corrected chi connectivity index (χ0v) is 15.3. The molecule has 2 atom stereocenters. The van der Waals surface area contributed by atoms with Gasteiger partial charge in [-0.15, -0.1) is 0 Å². The number of piperidine rings is 1. The number of likely N-dealkylation sites (tertiary alicyclic amines) is 1. The van der Waals surface area contributed by atoms with Crippen LogP contribution >= 0.6 is 0 Å². The van der Waals surface area contributed by atoms with Gasteiger partial charge in [-0.25, -0.2) is 4.68 Å². The van der Waals surface area contributed by atoms with Crippen molar-refractivity contribution in [3.63, 3.8) is 0 Å².